The summed E-state index contributed by atoms with van der Waals surface area (Å²) < 4.78 is 6.03. The van der Waals surface area contributed by atoms with E-state index < -0.39 is 0 Å². The molecule has 15 heavy (non-hydrogen) atoms. The lowest BCUT2D eigenvalue weighted by Gasteiger charge is -2.11. The Bertz CT molecular complexity index is 352. The van der Waals surface area contributed by atoms with Crippen LogP contribution >= 0.6 is 15.9 Å². The topological polar surface area (TPSA) is 38.3 Å². The van der Waals surface area contributed by atoms with Gasteiger partial charge in [0.2, 0.25) is 5.91 Å². The second kappa shape index (κ2) is 5.88. The fourth-order valence-corrected chi connectivity index (χ4v) is 1.69. The summed E-state index contributed by atoms with van der Waals surface area (Å²) >= 11 is 3.43. The number of hydrogen-bond acceptors (Lipinski definition) is 2. The molecular formula is C11H14BrNO2. The first-order chi connectivity index (χ1) is 7.19. The first-order valence-corrected chi connectivity index (χ1v) is 5.54. The van der Waals surface area contributed by atoms with E-state index in [0.717, 1.165) is 15.7 Å². The van der Waals surface area contributed by atoms with Crippen molar-refractivity contribution < 1.29 is 9.53 Å². The second-order valence-electron chi connectivity index (χ2n) is 3.10. The van der Waals surface area contributed by atoms with Crippen LogP contribution in [0, 0.1) is 0 Å². The Morgan fingerprint density at radius 3 is 2.87 bits per heavy atom. The van der Waals surface area contributed by atoms with Gasteiger partial charge in [-0.15, -0.1) is 0 Å². The summed E-state index contributed by atoms with van der Waals surface area (Å²) in [5.74, 6) is 0.00505. The number of ether oxygens (including phenoxy) is 1. The Kier molecular flexibility index (Phi) is 4.78. The van der Waals surface area contributed by atoms with Crippen LogP contribution in [0.3, 0.4) is 0 Å². The van der Waals surface area contributed by atoms with E-state index in [1.54, 1.807) is 7.11 Å². The number of rotatable bonds is 4. The standard InChI is InChI=1S/C11H14BrNO2/c1-3-11(14)13-10-6-4-5-9(12)8(10)7-15-2/h4-6H,3,7H2,1-2H3,(H,13,14). The molecule has 0 heterocycles. The van der Waals surface area contributed by atoms with Gasteiger partial charge < -0.3 is 10.1 Å². The molecule has 0 aliphatic rings. The van der Waals surface area contributed by atoms with E-state index >= 15 is 0 Å². The molecule has 1 amide bonds. The minimum Gasteiger partial charge on any atom is -0.380 e. The van der Waals surface area contributed by atoms with Crippen molar-refractivity contribution in [2.45, 2.75) is 20.0 Å². The Balaban J connectivity index is 2.94. The first-order valence-electron chi connectivity index (χ1n) is 4.75. The second-order valence-corrected chi connectivity index (χ2v) is 3.96. The minimum absolute atomic E-state index is 0.00505. The van der Waals surface area contributed by atoms with Crippen LogP contribution in [0.4, 0.5) is 5.69 Å². The van der Waals surface area contributed by atoms with Crippen molar-refractivity contribution in [3.05, 3.63) is 28.2 Å². The van der Waals surface area contributed by atoms with E-state index in [9.17, 15) is 4.79 Å². The van der Waals surface area contributed by atoms with Gasteiger partial charge in [0.05, 0.1) is 6.61 Å². The molecule has 0 saturated heterocycles. The van der Waals surface area contributed by atoms with Gasteiger partial charge in [-0.05, 0) is 12.1 Å². The monoisotopic (exact) mass is 271 g/mol. The third kappa shape index (κ3) is 3.32. The van der Waals surface area contributed by atoms with Crippen molar-refractivity contribution in [2.24, 2.45) is 0 Å². The van der Waals surface area contributed by atoms with Gasteiger partial charge >= 0.3 is 0 Å². The van der Waals surface area contributed by atoms with Crippen LogP contribution in [-0.4, -0.2) is 13.0 Å². The molecule has 0 fully saturated rings. The number of anilines is 1. The molecule has 0 radical (unpaired) electrons. The predicted octanol–water partition coefficient (Wildman–Crippen LogP) is 2.94. The van der Waals surface area contributed by atoms with Crippen molar-refractivity contribution in [1.82, 2.24) is 0 Å². The number of nitrogens with one attached hydrogen (secondary N) is 1. The lowest BCUT2D eigenvalue weighted by atomic mass is 10.2. The average molecular weight is 272 g/mol. The predicted molar refractivity (Wildman–Crippen MR) is 63.8 cm³/mol. The highest BCUT2D eigenvalue weighted by molar-refractivity contribution is 9.10. The lowest BCUT2D eigenvalue weighted by Crippen LogP contribution is -2.11. The van der Waals surface area contributed by atoms with Crippen molar-refractivity contribution >= 4 is 27.5 Å². The molecule has 3 nitrogen and oxygen atoms in total. The number of halogens is 1. The third-order valence-electron chi connectivity index (χ3n) is 2.00. The number of carbonyl (C=O) groups is 1. The van der Waals surface area contributed by atoms with Crippen LogP contribution in [0.15, 0.2) is 22.7 Å². The molecule has 0 spiro atoms. The zero-order valence-electron chi connectivity index (χ0n) is 8.84. The van der Waals surface area contributed by atoms with E-state index in [1.807, 2.05) is 25.1 Å². The molecule has 1 aromatic carbocycles. The Hall–Kier alpha value is -0.870. The molecule has 1 N–H and O–H groups in total. The molecule has 0 aliphatic carbocycles. The van der Waals surface area contributed by atoms with Crippen molar-refractivity contribution in [1.29, 1.82) is 0 Å². The maximum absolute atomic E-state index is 11.3. The zero-order chi connectivity index (χ0) is 11.3. The normalized spacial score (nSPS) is 10.1. The molecule has 1 aromatic rings. The van der Waals surface area contributed by atoms with Gasteiger partial charge in [0, 0.05) is 29.3 Å². The summed E-state index contributed by atoms with van der Waals surface area (Å²) in [7, 11) is 1.63. The number of carbonyl (C=O) groups excluding carboxylic acids is 1. The number of hydrogen-bond donors (Lipinski definition) is 1. The van der Waals surface area contributed by atoms with Crippen molar-refractivity contribution in [3.8, 4) is 0 Å². The van der Waals surface area contributed by atoms with Crippen molar-refractivity contribution in [2.75, 3.05) is 12.4 Å². The molecule has 82 valence electrons. The molecule has 0 bridgehead atoms. The summed E-state index contributed by atoms with van der Waals surface area (Å²) in [6.07, 6.45) is 0.471. The molecule has 0 aliphatic heterocycles. The quantitative estimate of drug-likeness (QED) is 0.915. The van der Waals surface area contributed by atoms with E-state index in [0.29, 0.717) is 13.0 Å². The van der Waals surface area contributed by atoms with E-state index in [-0.39, 0.29) is 5.91 Å². The molecule has 0 aromatic heterocycles. The highest BCUT2D eigenvalue weighted by Crippen LogP contribution is 2.25. The summed E-state index contributed by atoms with van der Waals surface area (Å²) in [5.41, 5.74) is 1.76. The highest BCUT2D eigenvalue weighted by atomic mass is 79.9. The van der Waals surface area contributed by atoms with Gasteiger partial charge in [-0.25, -0.2) is 0 Å². The van der Waals surface area contributed by atoms with Gasteiger partial charge in [0.1, 0.15) is 0 Å². The fraction of sp³-hybridized carbons (Fsp3) is 0.364. The zero-order valence-corrected chi connectivity index (χ0v) is 10.4. The van der Waals surface area contributed by atoms with Crippen LogP contribution in [0.1, 0.15) is 18.9 Å². The van der Waals surface area contributed by atoms with Crippen molar-refractivity contribution in [3.63, 3.8) is 0 Å². The molecule has 0 unspecified atom stereocenters. The van der Waals surface area contributed by atoms with Gasteiger partial charge in [-0.2, -0.15) is 0 Å². The Morgan fingerprint density at radius 1 is 1.53 bits per heavy atom. The van der Waals surface area contributed by atoms with Crippen LogP contribution in [-0.2, 0) is 16.1 Å². The van der Waals surface area contributed by atoms with E-state index in [4.69, 9.17) is 4.74 Å². The molecule has 0 atom stereocenters. The molecule has 0 saturated carbocycles. The van der Waals surface area contributed by atoms with Crippen LogP contribution in [0.2, 0.25) is 0 Å². The maximum Gasteiger partial charge on any atom is 0.224 e. The number of amides is 1. The Morgan fingerprint density at radius 2 is 2.27 bits per heavy atom. The molecular weight excluding hydrogens is 258 g/mol. The summed E-state index contributed by atoms with van der Waals surface area (Å²) in [6, 6.07) is 5.68. The third-order valence-corrected chi connectivity index (χ3v) is 2.75. The van der Waals surface area contributed by atoms with Gasteiger partial charge in [0.25, 0.3) is 0 Å². The first kappa shape index (κ1) is 12.2. The number of methoxy groups -OCH3 is 1. The van der Waals surface area contributed by atoms with Crippen LogP contribution in [0.25, 0.3) is 0 Å². The summed E-state index contributed by atoms with van der Waals surface area (Å²) in [6.45, 7) is 2.30. The minimum atomic E-state index is 0.00505. The molecule has 4 heteroatoms. The van der Waals surface area contributed by atoms with E-state index in [1.165, 1.54) is 0 Å². The van der Waals surface area contributed by atoms with Gasteiger partial charge in [0.15, 0.2) is 0 Å². The number of benzene rings is 1. The smallest absolute Gasteiger partial charge is 0.224 e. The Labute approximate surface area is 97.9 Å². The highest BCUT2D eigenvalue weighted by Gasteiger charge is 2.08. The van der Waals surface area contributed by atoms with Crippen LogP contribution in [0.5, 0.6) is 0 Å². The lowest BCUT2D eigenvalue weighted by molar-refractivity contribution is -0.115. The fourth-order valence-electron chi connectivity index (χ4n) is 1.21. The largest absolute Gasteiger partial charge is 0.380 e. The average Bonchev–Trinajstić information content (AvgIpc) is 2.23. The summed E-state index contributed by atoms with van der Waals surface area (Å²) in [5, 5.41) is 2.84. The van der Waals surface area contributed by atoms with Crippen LogP contribution < -0.4 is 5.32 Å². The SMILES string of the molecule is CCC(=O)Nc1cccc(Br)c1COC. The van der Waals surface area contributed by atoms with Gasteiger partial charge in [-0.1, -0.05) is 28.9 Å². The summed E-state index contributed by atoms with van der Waals surface area (Å²) in [4.78, 5) is 11.3. The maximum atomic E-state index is 11.3. The molecule has 1 rings (SSSR count). The van der Waals surface area contributed by atoms with E-state index in [2.05, 4.69) is 21.2 Å². The van der Waals surface area contributed by atoms with Gasteiger partial charge in [-0.3, -0.25) is 4.79 Å².